The fourth-order valence-electron chi connectivity index (χ4n) is 1.28. The molecule has 0 aliphatic carbocycles. The molecule has 0 bridgehead atoms. The van der Waals surface area contributed by atoms with Crippen LogP contribution in [0, 0.1) is 0 Å². The molecule has 0 aliphatic rings. The van der Waals surface area contributed by atoms with Gasteiger partial charge in [-0.2, -0.15) is 18.3 Å². The van der Waals surface area contributed by atoms with Crippen molar-refractivity contribution in [3.05, 3.63) is 24.0 Å². The van der Waals surface area contributed by atoms with E-state index in [1.54, 1.807) is 4.68 Å². The van der Waals surface area contributed by atoms with E-state index in [0.29, 0.717) is 12.1 Å². The zero-order chi connectivity index (χ0) is 11.1. The van der Waals surface area contributed by atoms with Crippen LogP contribution in [0.5, 0.6) is 0 Å². The van der Waals surface area contributed by atoms with Gasteiger partial charge in [-0.25, -0.2) is 4.98 Å². The third kappa shape index (κ3) is 1.79. The average molecular weight is 215 g/mol. The Labute approximate surface area is 83.5 Å². The molecular formula is C9H8F3N3. The SMILES string of the molecule is CCn1cc2nc(C(F)(F)F)ccc2n1. The van der Waals surface area contributed by atoms with Crippen LogP contribution in [0.15, 0.2) is 18.3 Å². The van der Waals surface area contributed by atoms with E-state index in [-0.39, 0.29) is 5.52 Å². The van der Waals surface area contributed by atoms with Gasteiger partial charge in [-0.1, -0.05) is 0 Å². The second-order valence-corrected chi connectivity index (χ2v) is 3.08. The van der Waals surface area contributed by atoms with Crippen molar-refractivity contribution >= 4 is 11.0 Å². The molecule has 0 N–H and O–H groups in total. The van der Waals surface area contributed by atoms with Gasteiger partial charge in [0.05, 0.1) is 6.20 Å². The van der Waals surface area contributed by atoms with Crippen molar-refractivity contribution in [2.75, 3.05) is 0 Å². The van der Waals surface area contributed by atoms with E-state index in [2.05, 4.69) is 10.1 Å². The van der Waals surface area contributed by atoms with Crippen LogP contribution in [0.4, 0.5) is 13.2 Å². The van der Waals surface area contributed by atoms with Gasteiger partial charge in [0, 0.05) is 6.54 Å². The number of rotatable bonds is 1. The summed E-state index contributed by atoms with van der Waals surface area (Å²) < 4.78 is 38.5. The zero-order valence-electron chi connectivity index (χ0n) is 7.91. The lowest BCUT2D eigenvalue weighted by atomic mass is 10.3. The number of aryl methyl sites for hydroxylation is 1. The Morgan fingerprint density at radius 1 is 1.27 bits per heavy atom. The molecule has 0 spiro atoms. The van der Waals surface area contributed by atoms with Crippen LogP contribution in [0.3, 0.4) is 0 Å². The van der Waals surface area contributed by atoms with Crippen molar-refractivity contribution in [1.82, 2.24) is 14.8 Å². The molecular weight excluding hydrogens is 207 g/mol. The van der Waals surface area contributed by atoms with Gasteiger partial charge in [-0.15, -0.1) is 0 Å². The highest BCUT2D eigenvalue weighted by molar-refractivity contribution is 5.73. The van der Waals surface area contributed by atoms with Crippen LogP contribution < -0.4 is 0 Å². The van der Waals surface area contributed by atoms with Gasteiger partial charge in [-0.3, -0.25) is 4.68 Å². The molecule has 2 aromatic rings. The average Bonchev–Trinajstić information content (AvgIpc) is 2.57. The molecule has 15 heavy (non-hydrogen) atoms. The Hall–Kier alpha value is -1.59. The normalized spacial score (nSPS) is 12.3. The molecule has 0 aliphatic heterocycles. The third-order valence-electron chi connectivity index (χ3n) is 2.02. The summed E-state index contributed by atoms with van der Waals surface area (Å²) in [6.07, 6.45) is -2.90. The number of nitrogens with zero attached hydrogens (tertiary/aromatic N) is 3. The van der Waals surface area contributed by atoms with Crippen molar-refractivity contribution in [2.24, 2.45) is 0 Å². The maximum atomic E-state index is 12.3. The Bertz CT molecular complexity index is 487. The summed E-state index contributed by atoms with van der Waals surface area (Å²) in [7, 11) is 0. The molecule has 0 amide bonds. The first-order chi connectivity index (χ1) is 7.00. The number of fused-ring (bicyclic) bond motifs is 1. The molecule has 3 nitrogen and oxygen atoms in total. The molecule has 0 radical (unpaired) electrons. The first kappa shape index (κ1) is 9.95. The van der Waals surface area contributed by atoms with Crippen molar-refractivity contribution in [2.45, 2.75) is 19.6 Å². The van der Waals surface area contributed by atoms with Crippen LogP contribution in [0.1, 0.15) is 12.6 Å². The Kier molecular flexibility index (Phi) is 2.13. The van der Waals surface area contributed by atoms with Gasteiger partial charge in [0.15, 0.2) is 0 Å². The van der Waals surface area contributed by atoms with Crippen LogP contribution in [-0.2, 0) is 12.7 Å². The highest BCUT2D eigenvalue weighted by Crippen LogP contribution is 2.28. The minimum absolute atomic E-state index is 0.270. The van der Waals surface area contributed by atoms with Crippen LogP contribution in [-0.4, -0.2) is 14.8 Å². The molecule has 80 valence electrons. The highest BCUT2D eigenvalue weighted by atomic mass is 19.4. The minimum atomic E-state index is -4.40. The topological polar surface area (TPSA) is 30.7 Å². The van der Waals surface area contributed by atoms with Crippen molar-refractivity contribution in [3.8, 4) is 0 Å². The van der Waals surface area contributed by atoms with Gasteiger partial charge in [0.1, 0.15) is 16.7 Å². The maximum Gasteiger partial charge on any atom is 0.433 e. The summed E-state index contributed by atoms with van der Waals surface area (Å²) in [5, 5.41) is 4.04. The van der Waals surface area contributed by atoms with Gasteiger partial charge < -0.3 is 0 Å². The summed E-state index contributed by atoms with van der Waals surface area (Å²) >= 11 is 0. The van der Waals surface area contributed by atoms with Gasteiger partial charge in [0.2, 0.25) is 0 Å². The molecule has 0 fully saturated rings. The van der Waals surface area contributed by atoms with Crippen molar-refractivity contribution in [1.29, 1.82) is 0 Å². The third-order valence-corrected chi connectivity index (χ3v) is 2.02. The number of halogens is 3. The van der Waals surface area contributed by atoms with E-state index >= 15 is 0 Å². The summed E-state index contributed by atoms with van der Waals surface area (Å²) in [5.41, 5.74) is -0.137. The van der Waals surface area contributed by atoms with Gasteiger partial charge in [0.25, 0.3) is 0 Å². The van der Waals surface area contributed by atoms with E-state index in [9.17, 15) is 13.2 Å². The number of alkyl halides is 3. The van der Waals surface area contributed by atoms with Crippen LogP contribution in [0.2, 0.25) is 0 Å². The van der Waals surface area contributed by atoms with E-state index < -0.39 is 11.9 Å². The van der Waals surface area contributed by atoms with Crippen molar-refractivity contribution < 1.29 is 13.2 Å². The molecule has 0 unspecified atom stereocenters. The Morgan fingerprint density at radius 2 is 2.00 bits per heavy atom. The largest absolute Gasteiger partial charge is 0.433 e. The summed E-state index contributed by atoms with van der Waals surface area (Å²) in [6, 6.07) is 2.27. The quantitative estimate of drug-likeness (QED) is 0.731. The fraction of sp³-hybridized carbons (Fsp3) is 0.333. The molecule has 2 aromatic heterocycles. The summed E-state index contributed by atoms with van der Waals surface area (Å²) in [4.78, 5) is 3.51. The minimum Gasteiger partial charge on any atom is -0.270 e. The molecule has 0 aromatic carbocycles. The summed E-state index contributed by atoms with van der Waals surface area (Å²) in [6.45, 7) is 2.47. The van der Waals surface area contributed by atoms with Gasteiger partial charge >= 0.3 is 6.18 Å². The summed E-state index contributed by atoms with van der Waals surface area (Å²) in [5.74, 6) is 0. The fourth-order valence-corrected chi connectivity index (χ4v) is 1.28. The number of hydrogen-bond acceptors (Lipinski definition) is 2. The van der Waals surface area contributed by atoms with Crippen LogP contribution >= 0.6 is 0 Å². The lowest BCUT2D eigenvalue weighted by Gasteiger charge is -2.03. The van der Waals surface area contributed by atoms with Gasteiger partial charge in [-0.05, 0) is 19.1 Å². The Balaban J connectivity index is 2.55. The van der Waals surface area contributed by atoms with E-state index in [4.69, 9.17) is 0 Å². The monoisotopic (exact) mass is 215 g/mol. The predicted octanol–water partition coefficient (Wildman–Crippen LogP) is 2.47. The van der Waals surface area contributed by atoms with E-state index in [0.717, 1.165) is 6.07 Å². The molecule has 2 rings (SSSR count). The smallest absolute Gasteiger partial charge is 0.270 e. The lowest BCUT2D eigenvalue weighted by molar-refractivity contribution is -0.140. The maximum absolute atomic E-state index is 12.3. The zero-order valence-corrected chi connectivity index (χ0v) is 7.91. The molecule has 0 saturated heterocycles. The lowest BCUT2D eigenvalue weighted by Crippen LogP contribution is -2.07. The second kappa shape index (κ2) is 3.22. The van der Waals surface area contributed by atoms with E-state index in [1.807, 2.05) is 6.92 Å². The van der Waals surface area contributed by atoms with E-state index in [1.165, 1.54) is 12.3 Å². The Morgan fingerprint density at radius 3 is 2.60 bits per heavy atom. The number of pyridine rings is 1. The predicted molar refractivity (Wildman–Crippen MR) is 48.2 cm³/mol. The highest BCUT2D eigenvalue weighted by Gasteiger charge is 2.32. The molecule has 6 heteroatoms. The standard InChI is InChI=1S/C9H8F3N3/c1-2-15-5-7-6(14-15)3-4-8(13-7)9(10,11)12/h3-5H,2H2,1H3. The number of hydrogen-bond donors (Lipinski definition) is 0. The molecule has 0 saturated carbocycles. The molecule has 0 atom stereocenters. The van der Waals surface area contributed by atoms with Crippen molar-refractivity contribution in [3.63, 3.8) is 0 Å². The number of aromatic nitrogens is 3. The first-order valence-electron chi connectivity index (χ1n) is 4.42. The first-order valence-corrected chi connectivity index (χ1v) is 4.42. The van der Waals surface area contributed by atoms with Crippen LogP contribution in [0.25, 0.3) is 11.0 Å². The second-order valence-electron chi connectivity index (χ2n) is 3.08. The molecule has 2 heterocycles.